The van der Waals surface area contributed by atoms with Crippen LogP contribution in [0, 0.1) is 6.92 Å². The lowest BCUT2D eigenvalue weighted by atomic mass is 10.1. The minimum atomic E-state index is -0.574. The zero-order chi connectivity index (χ0) is 10.8. The van der Waals surface area contributed by atoms with E-state index in [4.69, 9.17) is 0 Å². The third-order valence-corrected chi connectivity index (χ3v) is 3.98. The molecule has 2 aromatic rings. The second kappa shape index (κ2) is 4.43. The fraction of sp³-hybridized carbons (Fsp3) is 0.182. The first-order chi connectivity index (χ1) is 7.18. The van der Waals surface area contributed by atoms with Crippen LogP contribution in [0.25, 0.3) is 0 Å². The van der Waals surface area contributed by atoms with Gasteiger partial charge in [-0.25, -0.2) is 0 Å². The van der Waals surface area contributed by atoms with Crippen LogP contribution in [-0.4, -0.2) is 10.1 Å². The van der Waals surface area contributed by atoms with E-state index in [-0.39, 0.29) is 0 Å². The average molecular weight is 284 g/mol. The van der Waals surface area contributed by atoms with Gasteiger partial charge >= 0.3 is 0 Å². The fourth-order valence-corrected chi connectivity index (χ4v) is 2.83. The average Bonchev–Trinajstić information content (AvgIpc) is 2.65. The van der Waals surface area contributed by atoms with Crippen LogP contribution in [0.4, 0.5) is 0 Å². The van der Waals surface area contributed by atoms with Crippen LogP contribution in [0.15, 0.2) is 34.4 Å². The molecule has 1 N–H and O–H groups in total. The smallest absolute Gasteiger partial charge is 0.115 e. The number of pyridine rings is 1. The number of rotatable bonds is 2. The molecule has 0 aromatic carbocycles. The van der Waals surface area contributed by atoms with Crippen molar-refractivity contribution in [2.75, 3.05) is 0 Å². The van der Waals surface area contributed by atoms with E-state index in [1.807, 2.05) is 24.4 Å². The standard InChI is InChI=1S/C11H10BrNOS/c1-7-2-3-13-5-9(7)11(14)10-4-8(12)6-15-10/h2-6,11,14H,1H3. The van der Waals surface area contributed by atoms with Gasteiger partial charge in [0.05, 0.1) is 0 Å². The Morgan fingerprint density at radius 3 is 2.93 bits per heavy atom. The Hall–Kier alpha value is -0.710. The van der Waals surface area contributed by atoms with Crippen LogP contribution in [0.5, 0.6) is 0 Å². The fourth-order valence-electron chi connectivity index (χ4n) is 1.39. The molecule has 4 heteroatoms. The Kier molecular flexibility index (Phi) is 3.19. The molecule has 2 rings (SSSR count). The van der Waals surface area contributed by atoms with Crippen LogP contribution < -0.4 is 0 Å². The normalized spacial score (nSPS) is 12.7. The van der Waals surface area contributed by atoms with Crippen molar-refractivity contribution >= 4 is 27.3 Å². The molecule has 0 fully saturated rings. The number of halogens is 1. The van der Waals surface area contributed by atoms with Gasteiger partial charge in [0.15, 0.2) is 0 Å². The van der Waals surface area contributed by atoms with E-state index in [2.05, 4.69) is 20.9 Å². The summed E-state index contributed by atoms with van der Waals surface area (Å²) in [6.45, 7) is 1.98. The number of nitrogens with zero attached hydrogens (tertiary/aromatic N) is 1. The number of aliphatic hydroxyl groups is 1. The number of thiophene rings is 1. The van der Waals surface area contributed by atoms with Crippen LogP contribution in [-0.2, 0) is 0 Å². The quantitative estimate of drug-likeness (QED) is 0.918. The summed E-state index contributed by atoms with van der Waals surface area (Å²) in [6.07, 6.45) is 2.87. The SMILES string of the molecule is Cc1ccncc1C(O)c1cc(Br)cs1. The Morgan fingerprint density at radius 2 is 2.33 bits per heavy atom. The zero-order valence-corrected chi connectivity index (χ0v) is 10.5. The van der Waals surface area contributed by atoms with E-state index < -0.39 is 6.10 Å². The molecule has 0 saturated carbocycles. The van der Waals surface area contributed by atoms with Crippen LogP contribution in [0.3, 0.4) is 0 Å². The molecule has 2 heterocycles. The van der Waals surface area contributed by atoms with Gasteiger partial charge in [0.1, 0.15) is 6.10 Å². The lowest BCUT2D eigenvalue weighted by molar-refractivity contribution is 0.223. The number of hydrogen-bond donors (Lipinski definition) is 1. The van der Waals surface area contributed by atoms with Gasteiger partial charge < -0.3 is 5.11 Å². The molecule has 78 valence electrons. The van der Waals surface area contributed by atoms with E-state index in [0.717, 1.165) is 20.5 Å². The maximum Gasteiger partial charge on any atom is 0.115 e. The van der Waals surface area contributed by atoms with E-state index in [1.165, 1.54) is 11.3 Å². The summed E-state index contributed by atoms with van der Waals surface area (Å²) in [4.78, 5) is 4.96. The molecule has 2 nitrogen and oxygen atoms in total. The molecule has 0 amide bonds. The molecule has 0 radical (unpaired) electrons. The summed E-state index contributed by atoms with van der Waals surface area (Å²) in [5.74, 6) is 0. The topological polar surface area (TPSA) is 33.1 Å². The monoisotopic (exact) mass is 283 g/mol. The predicted molar refractivity (Wildman–Crippen MR) is 65.1 cm³/mol. The highest BCUT2D eigenvalue weighted by Crippen LogP contribution is 2.30. The Balaban J connectivity index is 2.36. The van der Waals surface area contributed by atoms with Gasteiger partial charge in [-0.05, 0) is 40.5 Å². The van der Waals surface area contributed by atoms with Gasteiger partial charge in [-0.15, -0.1) is 11.3 Å². The number of hydrogen-bond acceptors (Lipinski definition) is 3. The summed E-state index contributed by atoms with van der Waals surface area (Å²) < 4.78 is 1.00. The van der Waals surface area contributed by atoms with Crippen molar-refractivity contribution in [3.63, 3.8) is 0 Å². The minimum absolute atomic E-state index is 0.574. The second-order valence-corrected chi connectivity index (χ2v) is 5.16. The number of aliphatic hydroxyl groups excluding tert-OH is 1. The molecule has 0 aliphatic carbocycles. The molecule has 0 aliphatic rings. The van der Waals surface area contributed by atoms with Gasteiger partial charge in [-0.1, -0.05) is 0 Å². The van der Waals surface area contributed by atoms with E-state index in [9.17, 15) is 5.11 Å². The molecule has 2 aromatic heterocycles. The van der Waals surface area contributed by atoms with E-state index in [0.29, 0.717) is 0 Å². The highest BCUT2D eigenvalue weighted by molar-refractivity contribution is 9.10. The van der Waals surface area contributed by atoms with Gasteiger partial charge in [0, 0.05) is 32.7 Å². The second-order valence-electron chi connectivity index (χ2n) is 3.30. The highest BCUT2D eigenvalue weighted by atomic mass is 79.9. The minimum Gasteiger partial charge on any atom is -0.383 e. The van der Waals surface area contributed by atoms with Crippen molar-refractivity contribution in [3.05, 3.63) is 50.4 Å². The molecule has 1 unspecified atom stereocenters. The molecular weight excluding hydrogens is 274 g/mol. The number of aromatic nitrogens is 1. The van der Waals surface area contributed by atoms with Gasteiger partial charge in [0.25, 0.3) is 0 Å². The Bertz CT molecular complexity index is 469. The van der Waals surface area contributed by atoms with Crippen molar-refractivity contribution in [1.29, 1.82) is 0 Å². The molecule has 0 spiro atoms. The zero-order valence-electron chi connectivity index (χ0n) is 8.14. The largest absolute Gasteiger partial charge is 0.383 e. The van der Waals surface area contributed by atoms with Crippen molar-refractivity contribution in [2.24, 2.45) is 0 Å². The summed E-state index contributed by atoms with van der Waals surface area (Å²) in [7, 11) is 0. The molecule has 15 heavy (non-hydrogen) atoms. The van der Waals surface area contributed by atoms with Crippen molar-refractivity contribution in [1.82, 2.24) is 4.98 Å². The highest BCUT2D eigenvalue weighted by Gasteiger charge is 2.14. The molecular formula is C11H10BrNOS. The summed E-state index contributed by atoms with van der Waals surface area (Å²) in [5.41, 5.74) is 1.92. The summed E-state index contributed by atoms with van der Waals surface area (Å²) >= 11 is 4.91. The van der Waals surface area contributed by atoms with Crippen LogP contribution in [0.1, 0.15) is 22.1 Å². The van der Waals surface area contributed by atoms with Gasteiger partial charge in [-0.3, -0.25) is 4.98 Å². The number of aryl methyl sites for hydroxylation is 1. The third-order valence-electron chi connectivity index (χ3n) is 2.23. The van der Waals surface area contributed by atoms with Crippen molar-refractivity contribution in [3.8, 4) is 0 Å². The van der Waals surface area contributed by atoms with Crippen LogP contribution >= 0.6 is 27.3 Å². The first-order valence-electron chi connectivity index (χ1n) is 4.51. The van der Waals surface area contributed by atoms with E-state index in [1.54, 1.807) is 12.4 Å². The first kappa shape index (κ1) is 10.8. The molecule has 1 atom stereocenters. The predicted octanol–water partition coefficient (Wildman–Crippen LogP) is 3.30. The Labute approximate surface area is 101 Å². The lowest BCUT2D eigenvalue weighted by Crippen LogP contribution is -2.00. The van der Waals surface area contributed by atoms with Crippen molar-refractivity contribution in [2.45, 2.75) is 13.0 Å². The van der Waals surface area contributed by atoms with Crippen molar-refractivity contribution < 1.29 is 5.11 Å². The van der Waals surface area contributed by atoms with Gasteiger partial charge in [0.2, 0.25) is 0 Å². The molecule has 0 aliphatic heterocycles. The van der Waals surface area contributed by atoms with E-state index >= 15 is 0 Å². The lowest BCUT2D eigenvalue weighted by Gasteiger charge is -2.10. The van der Waals surface area contributed by atoms with Gasteiger partial charge in [-0.2, -0.15) is 0 Å². The molecule has 0 saturated heterocycles. The maximum atomic E-state index is 10.1. The van der Waals surface area contributed by atoms with Crippen LogP contribution in [0.2, 0.25) is 0 Å². The third kappa shape index (κ3) is 2.27. The maximum absolute atomic E-state index is 10.1. The first-order valence-corrected chi connectivity index (χ1v) is 6.18. The summed E-state index contributed by atoms with van der Waals surface area (Å²) in [6, 6.07) is 3.84. The summed E-state index contributed by atoms with van der Waals surface area (Å²) in [5, 5.41) is 12.1. The Morgan fingerprint density at radius 1 is 1.53 bits per heavy atom. The molecule has 0 bridgehead atoms.